The molecule has 0 saturated carbocycles. The van der Waals surface area contributed by atoms with Gasteiger partial charge in [-0.25, -0.2) is 13.8 Å². The van der Waals surface area contributed by atoms with Gasteiger partial charge in [0.05, 0.1) is 11.6 Å². The van der Waals surface area contributed by atoms with Crippen molar-refractivity contribution in [1.29, 1.82) is 0 Å². The third-order valence-corrected chi connectivity index (χ3v) is 3.86. The maximum atomic E-state index is 13.5. The van der Waals surface area contributed by atoms with Crippen molar-refractivity contribution in [3.63, 3.8) is 0 Å². The molecule has 0 aliphatic rings. The molecular formula is C19H23F2N3O2. The summed E-state index contributed by atoms with van der Waals surface area (Å²) in [6.07, 6.45) is 1.52. The maximum Gasteiger partial charge on any atom is 0.253 e. The average molecular weight is 363 g/mol. The van der Waals surface area contributed by atoms with Crippen LogP contribution in [0.5, 0.6) is 5.75 Å². The van der Waals surface area contributed by atoms with E-state index in [0.717, 1.165) is 31.0 Å². The highest BCUT2D eigenvalue weighted by atomic mass is 19.1. The van der Waals surface area contributed by atoms with Gasteiger partial charge in [-0.1, -0.05) is 0 Å². The molecule has 0 aliphatic heterocycles. The minimum Gasteiger partial charge on any atom is -0.488 e. The number of hydrogen-bond donors (Lipinski definition) is 1. The lowest BCUT2D eigenvalue weighted by molar-refractivity contribution is 0.0926. The van der Waals surface area contributed by atoms with E-state index in [0.29, 0.717) is 5.56 Å². The van der Waals surface area contributed by atoms with Crippen molar-refractivity contribution in [3.05, 3.63) is 53.7 Å². The summed E-state index contributed by atoms with van der Waals surface area (Å²) < 4.78 is 31.7. The Morgan fingerprint density at radius 3 is 2.54 bits per heavy atom. The number of aromatic nitrogens is 1. The van der Waals surface area contributed by atoms with Crippen LogP contribution >= 0.6 is 0 Å². The van der Waals surface area contributed by atoms with E-state index < -0.39 is 11.6 Å². The number of carbonyl (C=O) groups is 1. The number of amides is 1. The molecule has 1 atom stereocenters. The van der Waals surface area contributed by atoms with Crippen molar-refractivity contribution in [3.8, 4) is 5.75 Å². The summed E-state index contributed by atoms with van der Waals surface area (Å²) >= 11 is 0. The largest absolute Gasteiger partial charge is 0.488 e. The van der Waals surface area contributed by atoms with Crippen molar-refractivity contribution >= 4 is 11.7 Å². The summed E-state index contributed by atoms with van der Waals surface area (Å²) in [5.41, 5.74) is 0.431. The van der Waals surface area contributed by atoms with Crippen LogP contribution in [0.3, 0.4) is 0 Å². The fraction of sp³-hybridized carbons (Fsp3) is 0.368. The standard InChI is InChI=1S/C19H23F2N3O2/c1-4-24(5-2)18-9-6-14(11-22-18)19(25)23-13(3)12-26-17-8-7-15(20)10-16(17)21/h6-11,13H,4-5,12H2,1-3H3,(H,23,25). The first-order valence-corrected chi connectivity index (χ1v) is 8.54. The lowest BCUT2D eigenvalue weighted by atomic mass is 10.2. The van der Waals surface area contributed by atoms with Crippen LogP contribution < -0.4 is 15.0 Å². The molecular weight excluding hydrogens is 340 g/mol. The molecule has 0 spiro atoms. The number of halogens is 2. The van der Waals surface area contributed by atoms with Gasteiger partial charge in [0.25, 0.3) is 5.91 Å². The predicted molar refractivity (Wildman–Crippen MR) is 96.6 cm³/mol. The zero-order valence-electron chi connectivity index (χ0n) is 15.1. The van der Waals surface area contributed by atoms with Gasteiger partial charge in [0.2, 0.25) is 0 Å². The molecule has 1 N–H and O–H groups in total. The lowest BCUT2D eigenvalue weighted by Crippen LogP contribution is -2.37. The van der Waals surface area contributed by atoms with Gasteiger partial charge >= 0.3 is 0 Å². The number of anilines is 1. The van der Waals surface area contributed by atoms with Crippen molar-refractivity contribution < 1.29 is 18.3 Å². The Kier molecular flexibility index (Phi) is 6.89. The van der Waals surface area contributed by atoms with Gasteiger partial charge in [-0.2, -0.15) is 0 Å². The Labute approximate surface area is 152 Å². The number of rotatable bonds is 8. The smallest absolute Gasteiger partial charge is 0.253 e. The quantitative estimate of drug-likeness (QED) is 0.781. The molecule has 0 aliphatic carbocycles. The molecule has 0 saturated heterocycles. The highest BCUT2D eigenvalue weighted by Gasteiger charge is 2.13. The number of nitrogens with one attached hydrogen (secondary N) is 1. The van der Waals surface area contributed by atoms with Gasteiger partial charge in [-0.05, 0) is 45.0 Å². The molecule has 1 aromatic heterocycles. The summed E-state index contributed by atoms with van der Waals surface area (Å²) in [6, 6.07) is 6.23. The number of carbonyl (C=O) groups excluding carboxylic acids is 1. The minimum atomic E-state index is -0.778. The number of ether oxygens (including phenoxy) is 1. The third kappa shape index (κ3) is 5.15. The first kappa shape index (κ1) is 19.6. The Balaban J connectivity index is 1.90. The fourth-order valence-corrected chi connectivity index (χ4v) is 2.41. The Morgan fingerprint density at radius 2 is 1.96 bits per heavy atom. The summed E-state index contributed by atoms with van der Waals surface area (Å²) in [4.78, 5) is 18.6. The van der Waals surface area contributed by atoms with Crippen LogP contribution in [-0.2, 0) is 0 Å². The summed E-state index contributed by atoms with van der Waals surface area (Å²) in [6.45, 7) is 7.54. The summed E-state index contributed by atoms with van der Waals surface area (Å²) in [7, 11) is 0. The monoisotopic (exact) mass is 363 g/mol. The predicted octanol–water partition coefficient (Wildman–Crippen LogP) is 3.40. The van der Waals surface area contributed by atoms with Crippen LogP contribution in [0.4, 0.5) is 14.6 Å². The number of pyridine rings is 1. The number of nitrogens with zero attached hydrogens (tertiary/aromatic N) is 2. The summed E-state index contributed by atoms with van der Waals surface area (Å²) in [5.74, 6) is -0.983. The molecule has 1 unspecified atom stereocenters. The molecule has 1 aromatic carbocycles. The van der Waals surface area contributed by atoms with E-state index in [1.807, 2.05) is 13.8 Å². The van der Waals surface area contributed by atoms with E-state index >= 15 is 0 Å². The first-order chi connectivity index (χ1) is 12.4. The molecule has 7 heteroatoms. The molecule has 1 amide bonds. The Hall–Kier alpha value is -2.70. The zero-order chi connectivity index (χ0) is 19.1. The Morgan fingerprint density at radius 1 is 1.23 bits per heavy atom. The molecule has 5 nitrogen and oxygen atoms in total. The van der Waals surface area contributed by atoms with Gasteiger partial charge in [0, 0.05) is 25.4 Å². The molecule has 0 fully saturated rings. The minimum absolute atomic E-state index is 0.0548. The first-order valence-electron chi connectivity index (χ1n) is 8.54. The molecule has 26 heavy (non-hydrogen) atoms. The van der Waals surface area contributed by atoms with Crippen LogP contribution in [0.1, 0.15) is 31.1 Å². The normalized spacial score (nSPS) is 11.7. The van der Waals surface area contributed by atoms with Crippen molar-refractivity contribution in [2.24, 2.45) is 0 Å². The lowest BCUT2D eigenvalue weighted by Gasteiger charge is -2.20. The van der Waals surface area contributed by atoms with E-state index in [1.54, 1.807) is 19.1 Å². The van der Waals surface area contributed by atoms with Crippen molar-refractivity contribution in [2.45, 2.75) is 26.8 Å². The van der Waals surface area contributed by atoms with E-state index in [9.17, 15) is 13.6 Å². The maximum absolute atomic E-state index is 13.5. The molecule has 0 bridgehead atoms. The van der Waals surface area contributed by atoms with Crippen molar-refractivity contribution in [1.82, 2.24) is 10.3 Å². The van der Waals surface area contributed by atoms with Gasteiger partial charge in [-0.3, -0.25) is 4.79 Å². The van der Waals surface area contributed by atoms with E-state index in [-0.39, 0.29) is 24.3 Å². The summed E-state index contributed by atoms with van der Waals surface area (Å²) in [5, 5.41) is 2.76. The van der Waals surface area contributed by atoms with Gasteiger partial charge in [0.1, 0.15) is 18.2 Å². The van der Waals surface area contributed by atoms with Gasteiger partial charge < -0.3 is 15.0 Å². The molecule has 140 valence electrons. The van der Waals surface area contributed by atoms with E-state index in [2.05, 4.69) is 15.2 Å². The van der Waals surface area contributed by atoms with Gasteiger partial charge in [0.15, 0.2) is 11.6 Å². The SMILES string of the molecule is CCN(CC)c1ccc(C(=O)NC(C)COc2ccc(F)cc2F)cn1. The molecule has 2 rings (SSSR count). The number of benzene rings is 1. The highest BCUT2D eigenvalue weighted by molar-refractivity contribution is 5.94. The van der Waals surface area contributed by atoms with Gasteiger partial charge in [-0.15, -0.1) is 0 Å². The van der Waals surface area contributed by atoms with Crippen LogP contribution in [0, 0.1) is 11.6 Å². The van der Waals surface area contributed by atoms with Crippen LogP contribution in [0.15, 0.2) is 36.5 Å². The Bertz CT molecular complexity index is 734. The zero-order valence-corrected chi connectivity index (χ0v) is 15.1. The van der Waals surface area contributed by atoms with Crippen LogP contribution in [0.25, 0.3) is 0 Å². The fourth-order valence-electron chi connectivity index (χ4n) is 2.41. The molecule has 0 radical (unpaired) electrons. The van der Waals surface area contributed by atoms with Crippen molar-refractivity contribution in [2.75, 3.05) is 24.6 Å². The number of hydrogen-bond acceptors (Lipinski definition) is 4. The van der Waals surface area contributed by atoms with E-state index in [4.69, 9.17) is 4.74 Å². The third-order valence-electron chi connectivity index (χ3n) is 3.86. The second-order valence-electron chi connectivity index (χ2n) is 5.84. The van der Waals surface area contributed by atoms with Crippen LogP contribution in [-0.4, -0.2) is 36.6 Å². The topological polar surface area (TPSA) is 54.5 Å². The molecule has 2 aromatic rings. The van der Waals surface area contributed by atoms with Crippen LogP contribution in [0.2, 0.25) is 0 Å². The van der Waals surface area contributed by atoms with E-state index in [1.165, 1.54) is 12.3 Å². The average Bonchev–Trinajstić information content (AvgIpc) is 2.62. The molecule has 1 heterocycles. The second kappa shape index (κ2) is 9.12. The highest BCUT2D eigenvalue weighted by Crippen LogP contribution is 2.17. The second-order valence-corrected chi connectivity index (χ2v) is 5.84.